The number of nitriles is 1. The van der Waals surface area contributed by atoms with Crippen molar-refractivity contribution in [3.05, 3.63) is 87.3 Å². The first-order valence-electron chi connectivity index (χ1n) is 9.51. The SMILES string of the molecule is COC(=O)C1=C(C(=O)OC)N(c2ccc(C(N)=O)c(Cl)c2)C(N)=C(C#N)C1c1ccccc1. The average molecular weight is 467 g/mol. The van der Waals surface area contributed by atoms with Gasteiger partial charge in [-0.05, 0) is 23.8 Å². The van der Waals surface area contributed by atoms with Gasteiger partial charge in [0.1, 0.15) is 11.5 Å². The fraction of sp³-hybridized carbons (Fsp3) is 0.130. The van der Waals surface area contributed by atoms with Crippen molar-refractivity contribution in [3.63, 3.8) is 0 Å². The third-order valence-electron chi connectivity index (χ3n) is 5.09. The highest BCUT2D eigenvalue weighted by Gasteiger charge is 2.43. The van der Waals surface area contributed by atoms with Gasteiger partial charge in [0.15, 0.2) is 0 Å². The molecule has 2 aromatic rings. The smallest absolute Gasteiger partial charge is 0.355 e. The molecule has 1 amide bonds. The van der Waals surface area contributed by atoms with E-state index in [1.54, 1.807) is 30.3 Å². The van der Waals surface area contributed by atoms with Gasteiger partial charge in [-0.2, -0.15) is 5.26 Å². The van der Waals surface area contributed by atoms with Crippen LogP contribution in [-0.4, -0.2) is 32.1 Å². The molecular weight excluding hydrogens is 448 g/mol. The van der Waals surface area contributed by atoms with Crippen LogP contribution in [0.3, 0.4) is 0 Å². The molecule has 0 aromatic heterocycles. The molecule has 2 aromatic carbocycles. The van der Waals surface area contributed by atoms with E-state index in [1.165, 1.54) is 23.1 Å². The van der Waals surface area contributed by atoms with Crippen molar-refractivity contribution in [1.29, 1.82) is 5.26 Å². The van der Waals surface area contributed by atoms with Crippen molar-refractivity contribution in [2.24, 2.45) is 11.5 Å². The minimum absolute atomic E-state index is 0.00403. The summed E-state index contributed by atoms with van der Waals surface area (Å²) in [5.41, 5.74) is 12.1. The molecule has 1 aliphatic rings. The Morgan fingerprint density at radius 3 is 2.21 bits per heavy atom. The summed E-state index contributed by atoms with van der Waals surface area (Å²) in [6.07, 6.45) is 0. The van der Waals surface area contributed by atoms with Gasteiger partial charge in [0.05, 0.1) is 47.9 Å². The Bertz CT molecular complexity index is 1250. The summed E-state index contributed by atoms with van der Waals surface area (Å²) in [4.78, 5) is 38.7. The molecule has 0 radical (unpaired) electrons. The van der Waals surface area contributed by atoms with Crippen molar-refractivity contribution in [2.75, 3.05) is 19.1 Å². The second-order valence-electron chi connectivity index (χ2n) is 6.86. The van der Waals surface area contributed by atoms with Gasteiger partial charge in [-0.1, -0.05) is 41.9 Å². The van der Waals surface area contributed by atoms with Crippen LogP contribution < -0.4 is 16.4 Å². The first kappa shape index (κ1) is 23.4. The molecule has 0 aliphatic carbocycles. The first-order chi connectivity index (χ1) is 15.8. The number of hydrogen-bond acceptors (Lipinski definition) is 8. The van der Waals surface area contributed by atoms with E-state index >= 15 is 0 Å². The molecule has 0 fully saturated rings. The fourth-order valence-corrected chi connectivity index (χ4v) is 3.89. The van der Waals surface area contributed by atoms with Gasteiger partial charge in [0.25, 0.3) is 0 Å². The van der Waals surface area contributed by atoms with Gasteiger partial charge in [-0.15, -0.1) is 0 Å². The molecule has 33 heavy (non-hydrogen) atoms. The lowest BCUT2D eigenvalue weighted by Gasteiger charge is -2.36. The summed E-state index contributed by atoms with van der Waals surface area (Å²) >= 11 is 6.20. The zero-order valence-corrected chi connectivity index (χ0v) is 18.4. The van der Waals surface area contributed by atoms with Crippen LogP contribution in [0, 0.1) is 11.3 Å². The Labute approximate surface area is 194 Å². The summed E-state index contributed by atoms with van der Waals surface area (Å²) in [5, 5.41) is 9.98. The van der Waals surface area contributed by atoms with Crippen LogP contribution in [0.5, 0.6) is 0 Å². The maximum Gasteiger partial charge on any atom is 0.355 e. The van der Waals surface area contributed by atoms with Crippen LogP contribution >= 0.6 is 11.6 Å². The second kappa shape index (κ2) is 9.46. The van der Waals surface area contributed by atoms with Crippen LogP contribution in [0.1, 0.15) is 21.8 Å². The van der Waals surface area contributed by atoms with Crippen molar-refractivity contribution in [2.45, 2.75) is 5.92 Å². The van der Waals surface area contributed by atoms with Gasteiger partial charge in [-0.3, -0.25) is 9.69 Å². The maximum absolute atomic E-state index is 13.0. The van der Waals surface area contributed by atoms with E-state index in [4.69, 9.17) is 32.5 Å². The molecule has 0 bridgehead atoms. The Morgan fingerprint density at radius 2 is 1.70 bits per heavy atom. The van der Waals surface area contributed by atoms with Crippen molar-refractivity contribution in [1.82, 2.24) is 0 Å². The number of nitrogens with two attached hydrogens (primary N) is 2. The predicted molar refractivity (Wildman–Crippen MR) is 120 cm³/mol. The number of amides is 1. The number of nitrogens with zero attached hydrogens (tertiary/aromatic N) is 2. The minimum Gasteiger partial charge on any atom is -0.466 e. The van der Waals surface area contributed by atoms with Gasteiger partial charge in [0, 0.05) is 5.69 Å². The highest BCUT2D eigenvalue weighted by atomic mass is 35.5. The van der Waals surface area contributed by atoms with E-state index in [-0.39, 0.29) is 38.9 Å². The van der Waals surface area contributed by atoms with Crippen LogP contribution in [-0.2, 0) is 19.1 Å². The third-order valence-corrected chi connectivity index (χ3v) is 5.40. The summed E-state index contributed by atoms with van der Waals surface area (Å²) in [6, 6.07) is 14.8. The average Bonchev–Trinajstić information content (AvgIpc) is 2.82. The molecule has 1 heterocycles. The summed E-state index contributed by atoms with van der Waals surface area (Å²) in [5.74, 6) is -3.62. The molecule has 1 unspecified atom stereocenters. The summed E-state index contributed by atoms with van der Waals surface area (Å²) < 4.78 is 9.91. The van der Waals surface area contributed by atoms with Gasteiger partial charge >= 0.3 is 11.9 Å². The molecule has 0 spiro atoms. The van der Waals surface area contributed by atoms with Crippen LogP contribution in [0.15, 0.2) is 71.2 Å². The molecule has 9 nitrogen and oxygen atoms in total. The van der Waals surface area contributed by atoms with Crippen LogP contribution in [0.25, 0.3) is 0 Å². The molecule has 0 saturated heterocycles. The Kier molecular flexibility index (Phi) is 6.70. The first-order valence-corrected chi connectivity index (χ1v) is 9.89. The number of rotatable bonds is 5. The summed E-state index contributed by atoms with van der Waals surface area (Å²) in [7, 11) is 2.30. The monoisotopic (exact) mass is 466 g/mol. The molecule has 1 atom stereocenters. The lowest BCUT2D eigenvalue weighted by Crippen LogP contribution is -2.40. The number of allylic oxidation sites excluding steroid dienone is 1. The third kappa shape index (κ3) is 4.12. The number of primary amides is 1. The number of hydrogen-bond donors (Lipinski definition) is 2. The predicted octanol–water partition coefficient (Wildman–Crippen LogP) is 2.34. The molecule has 10 heteroatoms. The fourth-order valence-electron chi connectivity index (χ4n) is 3.62. The Balaban J connectivity index is 2.40. The minimum atomic E-state index is -0.991. The van der Waals surface area contributed by atoms with Gasteiger partial charge < -0.3 is 20.9 Å². The molecule has 3 rings (SSSR count). The number of benzene rings is 2. The number of methoxy groups -OCH3 is 2. The maximum atomic E-state index is 13.0. The second-order valence-corrected chi connectivity index (χ2v) is 7.27. The highest BCUT2D eigenvalue weighted by Crippen LogP contribution is 2.43. The van der Waals surface area contributed by atoms with Gasteiger partial charge in [0.2, 0.25) is 5.91 Å². The van der Waals surface area contributed by atoms with Crippen molar-refractivity contribution in [3.8, 4) is 6.07 Å². The number of ether oxygens (including phenoxy) is 2. The Hall–Kier alpha value is -4.29. The summed E-state index contributed by atoms with van der Waals surface area (Å²) in [6.45, 7) is 0. The largest absolute Gasteiger partial charge is 0.466 e. The molecule has 1 aliphatic heterocycles. The van der Waals surface area contributed by atoms with E-state index in [1.807, 2.05) is 6.07 Å². The van der Waals surface area contributed by atoms with E-state index < -0.39 is 23.8 Å². The molecular formula is C23H19ClN4O5. The number of esters is 2. The zero-order chi connectivity index (χ0) is 24.3. The molecule has 168 valence electrons. The van der Waals surface area contributed by atoms with E-state index in [0.29, 0.717) is 5.56 Å². The lowest BCUT2D eigenvalue weighted by molar-refractivity contribution is -0.139. The topological polar surface area (TPSA) is 149 Å². The van der Waals surface area contributed by atoms with E-state index in [2.05, 4.69) is 0 Å². The number of carbonyl (C=O) groups is 3. The van der Waals surface area contributed by atoms with E-state index in [9.17, 15) is 19.6 Å². The standard InChI is InChI=1S/C23H19ClN4O5/c1-32-22(30)18-17(12-6-4-3-5-7-12)15(11-25)20(26)28(19(18)23(31)33-2)13-8-9-14(21(27)29)16(24)10-13/h3-10,17H,26H2,1-2H3,(H2,27,29). The molecule has 4 N–H and O–H groups in total. The van der Waals surface area contributed by atoms with Crippen LogP contribution in [0.2, 0.25) is 5.02 Å². The number of anilines is 1. The van der Waals surface area contributed by atoms with E-state index in [0.717, 1.165) is 14.2 Å². The quantitative estimate of drug-likeness (QED) is 0.637. The lowest BCUT2D eigenvalue weighted by atomic mass is 9.81. The van der Waals surface area contributed by atoms with Crippen molar-refractivity contribution >= 4 is 35.1 Å². The number of carbonyl (C=O) groups excluding carboxylic acids is 3. The number of halogens is 1. The van der Waals surface area contributed by atoms with Crippen molar-refractivity contribution < 1.29 is 23.9 Å². The Morgan fingerprint density at radius 1 is 1.06 bits per heavy atom. The van der Waals surface area contributed by atoms with Crippen LogP contribution in [0.4, 0.5) is 5.69 Å². The molecule has 0 saturated carbocycles. The van der Waals surface area contributed by atoms with Gasteiger partial charge in [-0.25, -0.2) is 9.59 Å². The zero-order valence-electron chi connectivity index (χ0n) is 17.7. The normalized spacial score (nSPS) is 15.7. The highest BCUT2D eigenvalue weighted by molar-refractivity contribution is 6.34.